The van der Waals surface area contributed by atoms with Crippen LogP contribution in [0, 0.1) is 17.8 Å². The number of nitrogens with zero attached hydrogens (tertiary/aromatic N) is 4. The van der Waals surface area contributed by atoms with Gasteiger partial charge in [-0.2, -0.15) is 0 Å². The number of cyclic esters (lactones) is 1. The minimum atomic E-state index is -1.47. The number of likely N-dealkylation sites (N-methyl/N-ethyl adjacent to an activating group) is 1. The maximum Gasteiger partial charge on any atom is 0.313 e. The average molecular weight is 679 g/mol. The number of rotatable bonds is 7. The van der Waals surface area contributed by atoms with Crippen LogP contribution in [0.2, 0.25) is 0 Å². The van der Waals surface area contributed by atoms with Crippen LogP contribution in [-0.4, -0.2) is 138 Å². The molecule has 3 fully saturated rings. The molecule has 12 heteroatoms. The van der Waals surface area contributed by atoms with E-state index in [1.54, 1.807) is 22.9 Å². The van der Waals surface area contributed by atoms with Crippen LogP contribution in [0.1, 0.15) is 45.3 Å². The Kier molecular flexibility index (Phi) is 10.6. The SMILES string of the molecule is CC(C)[C@H](CO)N1C(=O)[C@H]2[C@@H]3C(=O)O[C@@H](c4ccccc4)[C@H](C)N(C)C(=O)CC/C=C\[C@@H]3O[C@]23C=CCN(CCN2CCOCC2)C(=O)[C@H]13. The highest BCUT2D eigenvalue weighted by atomic mass is 16.6. The first-order valence-electron chi connectivity index (χ1n) is 17.6. The molecule has 6 rings (SSSR count). The van der Waals surface area contributed by atoms with E-state index in [4.69, 9.17) is 14.2 Å². The summed E-state index contributed by atoms with van der Waals surface area (Å²) < 4.78 is 18.7. The van der Waals surface area contributed by atoms with Gasteiger partial charge in [0.15, 0.2) is 0 Å². The van der Waals surface area contributed by atoms with E-state index in [0.717, 1.165) is 18.7 Å². The van der Waals surface area contributed by atoms with Gasteiger partial charge in [-0.3, -0.25) is 24.1 Å². The number of esters is 1. The van der Waals surface area contributed by atoms with Crippen LogP contribution in [0.4, 0.5) is 0 Å². The number of carbonyl (C=O) groups excluding carboxylic acids is 4. The van der Waals surface area contributed by atoms with Gasteiger partial charge in [0, 0.05) is 46.2 Å². The predicted octanol–water partition coefficient (Wildman–Crippen LogP) is 1.80. The molecule has 1 aromatic carbocycles. The molecule has 8 atom stereocenters. The fraction of sp³-hybridized carbons (Fsp3) is 0.622. The number of carbonyl (C=O) groups is 4. The largest absolute Gasteiger partial charge is 0.455 e. The minimum Gasteiger partial charge on any atom is -0.455 e. The second kappa shape index (κ2) is 14.7. The van der Waals surface area contributed by atoms with Crippen LogP contribution in [-0.2, 0) is 33.4 Å². The molecule has 0 bridgehead atoms. The van der Waals surface area contributed by atoms with Gasteiger partial charge in [0.1, 0.15) is 23.7 Å². The summed E-state index contributed by atoms with van der Waals surface area (Å²) in [6, 6.07) is 7.02. The molecule has 3 saturated heterocycles. The second-order valence-electron chi connectivity index (χ2n) is 14.2. The van der Waals surface area contributed by atoms with Crippen LogP contribution in [0.15, 0.2) is 54.6 Å². The molecule has 266 valence electrons. The van der Waals surface area contributed by atoms with Gasteiger partial charge < -0.3 is 34.0 Å². The van der Waals surface area contributed by atoms with Gasteiger partial charge in [-0.1, -0.05) is 68.5 Å². The molecule has 0 aliphatic carbocycles. The van der Waals surface area contributed by atoms with Crippen molar-refractivity contribution in [3.8, 4) is 0 Å². The van der Waals surface area contributed by atoms with E-state index in [0.29, 0.717) is 39.3 Å². The van der Waals surface area contributed by atoms with Gasteiger partial charge in [0.05, 0.1) is 43.9 Å². The summed E-state index contributed by atoms with van der Waals surface area (Å²) in [4.78, 5) is 64.4. The van der Waals surface area contributed by atoms with Crippen LogP contribution in [0.5, 0.6) is 0 Å². The van der Waals surface area contributed by atoms with Crippen molar-refractivity contribution < 1.29 is 38.5 Å². The predicted molar refractivity (Wildman–Crippen MR) is 180 cm³/mol. The van der Waals surface area contributed by atoms with Gasteiger partial charge in [0.2, 0.25) is 17.7 Å². The number of hydrogen-bond donors (Lipinski definition) is 1. The topological polar surface area (TPSA) is 129 Å². The molecule has 1 aromatic rings. The van der Waals surface area contributed by atoms with E-state index < -0.39 is 59.6 Å². The molecule has 5 aliphatic rings. The summed E-state index contributed by atoms with van der Waals surface area (Å²) in [5.41, 5.74) is -0.748. The minimum absolute atomic E-state index is 0.0851. The number of aliphatic hydroxyl groups is 1. The molecule has 0 unspecified atom stereocenters. The molecule has 5 heterocycles. The first kappa shape index (κ1) is 35.3. The molecular formula is C37H50N4O8. The number of likely N-dealkylation sites (tertiary alicyclic amines) is 1. The smallest absolute Gasteiger partial charge is 0.313 e. The molecule has 1 spiro atoms. The second-order valence-corrected chi connectivity index (χ2v) is 14.2. The highest BCUT2D eigenvalue weighted by Crippen LogP contribution is 2.54. The zero-order valence-corrected chi connectivity index (χ0v) is 29.0. The average Bonchev–Trinajstić information content (AvgIpc) is 3.49. The lowest BCUT2D eigenvalue weighted by molar-refractivity contribution is -0.165. The van der Waals surface area contributed by atoms with Gasteiger partial charge in [-0.15, -0.1) is 0 Å². The maximum absolute atomic E-state index is 14.8. The molecule has 0 saturated carbocycles. The van der Waals surface area contributed by atoms with E-state index in [1.165, 1.54) is 4.90 Å². The monoisotopic (exact) mass is 678 g/mol. The molecule has 3 amide bonds. The number of benzene rings is 1. The fourth-order valence-corrected chi connectivity index (χ4v) is 8.14. The summed E-state index contributed by atoms with van der Waals surface area (Å²) >= 11 is 0. The number of hydrogen-bond acceptors (Lipinski definition) is 9. The van der Waals surface area contributed by atoms with Crippen molar-refractivity contribution >= 4 is 23.7 Å². The Morgan fingerprint density at radius 1 is 1.00 bits per heavy atom. The van der Waals surface area contributed by atoms with E-state index in [1.807, 2.05) is 69.3 Å². The lowest BCUT2D eigenvalue weighted by Crippen LogP contribution is -2.59. The Balaban J connectivity index is 1.40. The zero-order chi connectivity index (χ0) is 34.9. The number of fused-ring (bicyclic) bond motifs is 2. The standard InChI is InChI=1S/C37H50N4O8/c1-24(2)27(23-42)41-33-35(45)40(18-17-39-19-21-47-22-20-39)16-10-15-37(33)31(34(41)44)30-28(49-37)13-8-9-14-29(43)38(4)25(3)32(48-36(30)46)26-11-6-5-7-12-26/h5-8,10-13,15,24-25,27-28,30-33,42H,9,14,16-23H2,1-4H3/b13-8-/t25-,27-,28-,30+,31+,32+,33-,37+/m0/s1. The summed E-state index contributed by atoms with van der Waals surface area (Å²) in [6.07, 6.45) is 6.21. The number of morpholine rings is 1. The maximum atomic E-state index is 14.8. The normalized spacial score (nSPS) is 34.1. The lowest BCUT2D eigenvalue weighted by atomic mass is 9.77. The Morgan fingerprint density at radius 3 is 2.43 bits per heavy atom. The summed E-state index contributed by atoms with van der Waals surface area (Å²) in [5, 5.41) is 10.6. The number of amides is 3. The third kappa shape index (κ3) is 6.56. The van der Waals surface area contributed by atoms with Gasteiger partial charge in [-0.05, 0) is 24.8 Å². The summed E-state index contributed by atoms with van der Waals surface area (Å²) in [5.74, 6) is -3.72. The Hall–Kier alpha value is -3.58. The van der Waals surface area contributed by atoms with E-state index in [9.17, 15) is 24.3 Å². The van der Waals surface area contributed by atoms with Crippen LogP contribution in [0.3, 0.4) is 0 Å². The van der Waals surface area contributed by atoms with E-state index in [2.05, 4.69) is 4.90 Å². The van der Waals surface area contributed by atoms with Crippen molar-refractivity contribution in [1.82, 2.24) is 19.6 Å². The van der Waals surface area contributed by atoms with Crippen molar-refractivity contribution in [3.63, 3.8) is 0 Å². The molecule has 12 nitrogen and oxygen atoms in total. The number of allylic oxidation sites excluding steroid dienone is 1. The van der Waals surface area contributed by atoms with Gasteiger partial charge >= 0.3 is 5.97 Å². The molecule has 0 radical (unpaired) electrons. The van der Waals surface area contributed by atoms with Crippen molar-refractivity contribution in [2.24, 2.45) is 17.8 Å². The lowest BCUT2D eigenvalue weighted by Gasteiger charge is -2.40. The third-order valence-corrected chi connectivity index (χ3v) is 11.1. The molecule has 0 aromatic heterocycles. The quantitative estimate of drug-likeness (QED) is 0.339. The highest BCUT2D eigenvalue weighted by Gasteiger charge is 2.72. The molecular weight excluding hydrogens is 628 g/mol. The van der Waals surface area contributed by atoms with Gasteiger partial charge in [0.25, 0.3) is 0 Å². The first-order chi connectivity index (χ1) is 23.6. The van der Waals surface area contributed by atoms with Crippen LogP contribution < -0.4 is 0 Å². The highest BCUT2D eigenvalue weighted by molar-refractivity contribution is 5.99. The van der Waals surface area contributed by atoms with Crippen molar-refractivity contribution in [2.45, 2.75) is 69.5 Å². The number of ether oxygens (including phenoxy) is 3. The first-order valence-corrected chi connectivity index (χ1v) is 17.6. The fourth-order valence-electron chi connectivity index (χ4n) is 8.14. The Bertz CT molecular complexity index is 1440. The van der Waals surface area contributed by atoms with Crippen LogP contribution in [0.25, 0.3) is 0 Å². The molecule has 5 aliphatic heterocycles. The third-order valence-electron chi connectivity index (χ3n) is 11.1. The van der Waals surface area contributed by atoms with E-state index >= 15 is 0 Å². The zero-order valence-electron chi connectivity index (χ0n) is 29.0. The van der Waals surface area contributed by atoms with Crippen molar-refractivity contribution in [3.05, 3.63) is 60.2 Å². The Morgan fingerprint density at radius 2 is 1.73 bits per heavy atom. The summed E-state index contributed by atoms with van der Waals surface area (Å²) in [6.45, 7) is 9.58. The Labute approximate surface area is 288 Å². The summed E-state index contributed by atoms with van der Waals surface area (Å²) in [7, 11) is 1.71. The number of aliphatic hydroxyl groups excluding tert-OH is 1. The van der Waals surface area contributed by atoms with Crippen molar-refractivity contribution in [2.75, 3.05) is 59.6 Å². The molecule has 49 heavy (non-hydrogen) atoms. The van der Waals surface area contributed by atoms with E-state index in [-0.39, 0.29) is 30.8 Å². The van der Waals surface area contributed by atoms with Crippen molar-refractivity contribution in [1.29, 1.82) is 0 Å². The van der Waals surface area contributed by atoms with Crippen LogP contribution >= 0.6 is 0 Å². The van der Waals surface area contributed by atoms with Gasteiger partial charge in [-0.25, -0.2) is 0 Å². The molecule has 1 N–H and O–H groups in total.